The van der Waals surface area contributed by atoms with E-state index in [1.165, 1.54) is 38.5 Å². The first-order valence-electron chi connectivity index (χ1n) is 18.9. The molecule has 11 atom stereocenters. The van der Waals surface area contributed by atoms with E-state index in [-0.39, 0.29) is 28.8 Å². The summed E-state index contributed by atoms with van der Waals surface area (Å²) in [5.41, 5.74) is 0.332. The molecule has 0 aromatic carbocycles. The highest BCUT2D eigenvalue weighted by Crippen LogP contribution is 2.68. The summed E-state index contributed by atoms with van der Waals surface area (Å²) in [6.45, 7) is 17.5. The number of nitrogens with one attached hydrogen (secondary N) is 2. The molecule has 0 aromatic rings. The minimum Gasteiger partial charge on any atom is -0.393 e. The third-order valence-electron chi connectivity index (χ3n) is 13.8. The smallest absolute Gasteiger partial charge is 0.393 e. The van der Waals surface area contributed by atoms with Gasteiger partial charge in [-0.25, -0.2) is 4.18 Å². The van der Waals surface area contributed by atoms with Gasteiger partial charge in [0.05, 0.1) is 18.5 Å². The molecule has 46 heavy (non-hydrogen) atoms. The van der Waals surface area contributed by atoms with Crippen LogP contribution in [-0.2, 0) is 14.6 Å². The molecule has 5 rings (SSSR count). The molecule has 9 nitrogen and oxygen atoms in total. The van der Waals surface area contributed by atoms with Crippen molar-refractivity contribution in [1.29, 1.82) is 0 Å². The number of fused-ring (bicyclic) bond motifs is 5. The van der Waals surface area contributed by atoms with Crippen molar-refractivity contribution in [2.24, 2.45) is 57.2 Å². The Morgan fingerprint density at radius 3 is 2.43 bits per heavy atom. The van der Waals surface area contributed by atoms with E-state index in [0.717, 1.165) is 77.8 Å². The van der Waals surface area contributed by atoms with Gasteiger partial charge in [-0.2, -0.15) is 8.42 Å². The van der Waals surface area contributed by atoms with Crippen LogP contribution in [0.3, 0.4) is 0 Å². The first kappa shape index (κ1) is 36.5. The van der Waals surface area contributed by atoms with Crippen molar-refractivity contribution < 1.29 is 22.3 Å². The van der Waals surface area contributed by atoms with Crippen LogP contribution in [0.1, 0.15) is 112 Å². The summed E-state index contributed by atoms with van der Waals surface area (Å²) in [5.74, 6) is 2.19. The lowest BCUT2D eigenvalue weighted by molar-refractivity contribution is -0.168. The highest BCUT2D eigenvalue weighted by atomic mass is 32.3. The maximum absolute atomic E-state index is 11.8. The highest BCUT2D eigenvalue weighted by Gasteiger charge is 2.63. The Labute approximate surface area is 280 Å². The quantitative estimate of drug-likeness (QED) is 0.133. The fraction of sp³-hybridized carbons (Fsp3) is 0.972. The molecule has 4 saturated carbocycles. The van der Waals surface area contributed by atoms with Gasteiger partial charge in [0.15, 0.2) is 0 Å². The van der Waals surface area contributed by atoms with Crippen molar-refractivity contribution >= 4 is 16.7 Å². The van der Waals surface area contributed by atoms with Crippen LogP contribution in [0.4, 0.5) is 0 Å². The van der Waals surface area contributed by atoms with Gasteiger partial charge in [0.2, 0.25) is 0 Å². The van der Waals surface area contributed by atoms with Crippen LogP contribution in [0.2, 0.25) is 0 Å². The number of hydrogen-bond acceptors (Lipinski definition) is 8. The number of hydrogen-bond donors (Lipinski definition) is 4. The van der Waals surface area contributed by atoms with Gasteiger partial charge in [-0.3, -0.25) is 9.55 Å². The summed E-state index contributed by atoms with van der Waals surface area (Å²) in [6, 6.07) is 0.550. The van der Waals surface area contributed by atoms with E-state index in [1.807, 2.05) is 20.2 Å². The van der Waals surface area contributed by atoms with Crippen LogP contribution >= 0.6 is 0 Å². The molecule has 4 N–H and O–H groups in total. The largest absolute Gasteiger partial charge is 0.397 e. The first-order valence-corrected chi connectivity index (χ1v) is 20.2. The zero-order valence-corrected chi connectivity index (χ0v) is 30.3. The second-order valence-corrected chi connectivity index (χ2v) is 17.8. The molecule has 0 aromatic heterocycles. The number of aliphatic hydroxyl groups is 1. The lowest BCUT2D eigenvalue weighted by Crippen LogP contribution is -2.59. The first-order chi connectivity index (χ1) is 21.8. The molecular weight excluding hydrogens is 600 g/mol. The molecule has 3 unspecified atom stereocenters. The molecule has 1 heterocycles. The van der Waals surface area contributed by atoms with Gasteiger partial charge in [0, 0.05) is 25.7 Å². The van der Waals surface area contributed by atoms with E-state index in [4.69, 9.17) is 4.18 Å². The lowest BCUT2D eigenvalue weighted by atomic mass is 9.43. The predicted octanol–water partition coefficient (Wildman–Crippen LogP) is 5.55. The molecule has 0 spiro atoms. The van der Waals surface area contributed by atoms with Crippen molar-refractivity contribution in [1.82, 2.24) is 15.5 Å². The summed E-state index contributed by atoms with van der Waals surface area (Å²) >= 11 is 0. The second kappa shape index (κ2) is 15.4. The molecule has 5 aliphatic rings. The van der Waals surface area contributed by atoms with Crippen molar-refractivity contribution in [3.63, 3.8) is 0 Å². The van der Waals surface area contributed by atoms with Crippen LogP contribution in [0.5, 0.6) is 0 Å². The number of nitrogens with zero attached hydrogens (tertiary/aromatic N) is 2. The predicted molar refractivity (Wildman–Crippen MR) is 185 cm³/mol. The summed E-state index contributed by atoms with van der Waals surface area (Å²) in [7, 11) is -4.52. The lowest BCUT2D eigenvalue weighted by Gasteiger charge is -2.63. The van der Waals surface area contributed by atoms with Crippen LogP contribution < -0.4 is 10.6 Å². The van der Waals surface area contributed by atoms with Crippen LogP contribution in [-0.4, -0.2) is 86.8 Å². The van der Waals surface area contributed by atoms with Gasteiger partial charge in [0.25, 0.3) is 0 Å². The van der Waals surface area contributed by atoms with Crippen molar-refractivity contribution in [3.05, 3.63) is 0 Å². The molecule has 4 aliphatic carbocycles. The molecule has 0 amide bonds. The summed E-state index contributed by atoms with van der Waals surface area (Å²) in [5, 5.41) is 19.3. The van der Waals surface area contributed by atoms with E-state index in [0.29, 0.717) is 35.6 Å². The summed E-state index contributed by atoms with van der Waals surface area (Å²) in [4.78, 5) is 6.72. The Morgan fingerprint density at radius 2 is 1.72 bits per heavy atom. The van der Waals surface area contributed by atoms with Crippen molar-refractivity contribution in [2.75, 3.05) is 39.3 Å². The van der Waals surface area contributed by atoms with Crippen LogP contribution in [0, 0.1) is 52.3 Å². The zero-order valence-electron chi connectivity index (χ0n) is 29.5. The second-order valence-electron chi connectivity index (χ2n) is 16.8. The van der Waals surface area contributed by atoms with Gasteiger partial charge < -0.3 is 20.6 Å². The van der Waals surface area contributed by atoms with Gasteiger partial charge in [-0.15, -0.1) is 0 Å². The van der Waals surface area contributed by atoms with E-state index in [2.05, 4.69) is 41.3 Å². The molecule has 10 heteroatoms. The molecule has 0 radical (unpaired) electrons. The monoisotopic (exact) mass is 666 g/mol. The van der Waals surface area contributed by atoms with Gasteiger partial charge in [0.1, 0.15) is 0 Å². The molecule has 0 bridgehead atoms. The zero-order chi connectivity index (χ0) is 33.1. The van der Waals surface area contributed by atoms with Crippen LogP contribution in [0.25, 0.3) is 0 Å². The van der Waals surface area contributed by atoms with Gasteiger partial charge in [-0.05, 0) is 149 Å². The highest BCUT2D eigenvalue weighted by molar-refractivity contribution is 7.80. The Kier molecular flexibility index (Phi) is 12.2. The topological polar surface area (TPSA) is 123 Å². The number of aliphatic hydroxyl groups excluding tert-OH is 1. The third-order valence-corrected chi connectivity index (χ3v) is 14.3. The Morgan fingerprint density at radius 1 is 0.978 bits per heavy atom. The maximum atomic E-state index is 11.8. The van der Waals surface area contributed by atoms with Crippen molar-refractivity contribution in [2.45, 2.75) is 130 Å². The molecule has 0 saturated heterocycles. The van der Waals surface area contributed by atoms with E-state index in [9.17, 15) is 18.1 Å². The van der Waals surface area contributed by atoms with E-state index < -0.39 is 16.5 Å². The summed E-state index contributed by atoms with van der Waals surface area (Å²) < 4.78 is 38.2. The number of unbranched alkanes of at least 4 members (excludes halogenated alkanes) is 1. The minimum absolute atomic E-state index is 0.00845. The van der Waals surface area contributed by atoms with E-state index >= 15 is 0 Å². The number of rotatable bonds is 15. The number of aliphatic imine (C=N–C) groups is 1. The fourth-order valence-corrected chi connectivity index (χ4v) is 12.1. The molecule has 4 fully saturated rings. The Hall–Kier alpha value is -0.780. The van der Waals surface area contributed by atoms with E-state index in [1.54, 1.807) is 0 Å². The fourth-order valence-electron chi connectivity index (χ4n) is 11.5. The van der Waals surface area contributed by atoms with Gasteiger partial charge in [-0.1, -0.05) is 34.6 Å². The normalized spacial score (nSPS) is 39.1. The SMILES string of the molecule is CC(C)[C@H](OS(=O)(=O)O)[C@@H](C)[C@H]1CCC2C3C(CC[C@@]21C)[C@@]1(C)CC[C@H](NCCCNCCCCN2C=NCCC2)C[C@@H]1C[C@H]3O. The molecular formula is C36H66N4O5S. The van der Waals surface area contributed by atoms with Crippen LogP contribution in [0.15, 0.2) is 4.99 Å². The average molecular weight is 667 g/mol. The maximum Gasteiger partial charge on any atom is 0.397 e. The Balaban J connectivity index is 1.08. The standard InChI is InChI=1S/C36H66N4O5S/c1-25(2)34(45-46(42,43)44)26(3)29-10-11-30-33-31(13-15-36(29,30)5)35(4)14-12-28(22-27(35)23-32(33)41)39-19-8-17-37-16-6-7-20-40-21-9-18-38-24-40/h24-34,37,39,41H,6-23H2,1-5H3,(H,42,43,44)/t26-,27+,28-,29+,30?,31?,32+,33?,34-,35-,36+/m0/s1. The van der Waals surface area contributed by atoms with Crippen molar-refractivity contribution in [3.8, 4) is 0 Å². The molecule has 266 valence electrons. The Bertz CT molecular complexity index is 1120. The summed E-state index contributed by atoms with van der Waals surface area (Å²) in [6.07, 6.45) is 14.9. The molecule has 1 aliphatic heterocycles. The average Bonchev–Trinajstić information content (AvgIpc) is 3.36. The van der Waals surface area contributed by atoms with Gasteiger partial charge >= 0.3 is 10.4 Å². The minimum atomic E-state index is -4.52. The third kappa shape index (κ3) is 8.15.